The van der Waals surface area contributed by atoms with Gasteiger partial charge in [-0.3, -0.25) is 0 Å². The van der Waals surface area contributed by atoms with E-state index in [0.717, 1.165) is 12.8 Å². The van der Waals surface area contributed by atoms with Crippen LogP contribution in [0.5, 0.6) is 0 Å². The van der Waals surface area contributed by atoms with Crippen LogP contribution in [0.25, 0.3) is 0 Å². The van der Waals surface area contributed by atoms with E-state index in [-0.39, 0.29) is 5.48 Å². The maximum atomic E-state index is 11.6. The van der Waals surface area contributed by atoms with E-state index >= 15 is 0 Å². The summed E-state index contributed by atoms with van der Waals surface area (Å²) in [5, 5.41) is 0. The molecule has 0 amide bonds. The number of hydrogen-bond donors (Lipinski definition) is 1. The fourth-order valence-electron chi connectivity index (χ4n) is 1.45. The van der Waals surface area contributed by atoms with Crippen molar-refractivity contribution in [3.8, 4) is 0 Å². The van der Waals surface area contributed by atoms with Crippen LogP contribution < -0.4 is 4.72 Å². The predicted molar refractivity (Wildman–Crippen MR) is 86.6 cm³/mol. The average molecular weight is 309 g/mol. The largest absolute Gasteiger partial charge is 0.412 e. The molecule has 0 saturated heterocycles. The number of benzene rings is 2. The zero-order valence-electron chi connectivity index (χ0n) is 12.2. The van der Waals surface area contributed by atoms with Gasteiger partial charge in [-0.05, 0) is 18.6 Å². The van der Waals surface area contributed by atoms with Crippen molar-refractivity contribution in [3.05, 3.63) is 66.7 Å². The molecule has 0 spiro atoms. The molecule has 2 aromatic carbocycles. The van der Waals surface area contributed by atoms with Gasteiger partial charge in [-0.25, -0.2) is 13.1 Å². The van der Waals surface area contributed by atoms with Crippen molar-refractivity contribution in [2.24, 2.45) is 0 Å². The summed E-state index contributed by atoms with van der Waals surface area (Å²) >= 11 is 0. The van der Waals surface area contributed by atoms with Crippen LogP contribution in [-0.4, -0.2) is 20.4 Å². The molecule has 0 atom stereocenters. The molecule has 116 valence electrons. The normalized spacial score (nSPS) is 9.95. The highest BCUT2D eigenvalue weighted by Gasteiger charge is 2.11. The van der Waals surface area contributed by atoms with E-state index in [9.17, 15) is 8.42 Å². The van der Waals surface area contributed by atoms with Gasteiger partial charge >= 0.3 is 0 Å². The zero-order chi connectivity index (χ0) is 14.7. The summed E-state index contributed by atoms with van der Waals surface area (Å²) < 4.78 is 25.7. The van der Waals surface area contributed by atoms with Gasteiger partial charge in [0, 0.05) is 6.54 Å². The molecule has 21 heavy (non-hydrogen) atoms. The molecule has 0 saturated carbocycles. The Morgan fingerprint density at radius 3 is 1.71 bits per heavy atom. The number of unbranched alkanes of at least 4 members (excludes halogenated alkanes) is 1. The van der Waals surface area contributed by atoms with Gasteiger partial charge in [-0.15, -0.1) is 0 Å². The Morgan fingerprint density at radius 1 is 0.857 bits per heavy atom. The highest BCUT2D eigenvalue weighted by atomic mass is 32.2. The number of rotatable bonds is 5. The van der Waals surface area contributed by atoms with E-state index in [0.29, 0.717) is 11.4 Å². The summed E-state index contributed by atoms with van der Waals surface area (Å²) in [6.45, 7) is 2.53. The number of nitrogens with one attached hydrogen (secondary N) is 1. The molecule has 0 unspecified atom stereocenters. The standard InChI is InChI=1S/C10H15NO2S.C6H6.H2O/c1-2-3-9-11-14(12,13)10-7-5-4-6-8-10;1-2-4-6-5-3-1;/h4-8,11H,2-3,9H2,1H3;1-6H;1H2. The van der Waals surface area contributed by atoms with Crippen LogP contribution in [0.2, 0.25) is 0 Å². The summed E-state index contributed by atoms with van der Waals surface area (Å²) in [6.07, 6.45) is 1.85. The van der Waals surface area contributed by atoms with Gasteiger partial charge in [-0.2, -0.15) is 0 Å². The minimum Gasteiger partial charge on any atom is -0.412 e. The molecule has 0 radical (unpaired) electrons. The first-order chi connectivity index (χ1) is 9.67. The zero-order valence-corrected chi connectivity index (χ0v) is 13.0. The monoisotopic (exact) mass is 309 g/mol. The number of sulfonamides is 1. The second kappa shape index (κ2) is 11.0. The third-order valence-electron chi connectivity index (χ3n) is 2.54. The Labute approximate surface area is 127 Å². The molecule has 0 aliphatic carbocycles. The lowest BCUT2D eigenvalue weighted by Crippen LogP contribution is -2.24. The van der Waals surface area contributed by atoms with Crippen LogP contribution in [0.4, 0.5) is 0 Å². The maximum absolute atomic E-state index is 11.6. The third-order valence-corrected chi connectivity index (χ3v) is 4.02. The van der Waals surface area contributed by atoms with Crippen LogP contribution in [0, 0.1) is 0 Å². The van der Waals surface area contributed by atoms with E-state index in [1.54, 1.807) is 30.3 Å². The van der Waals surface area contributed by atoms with Gasteiger partial charge in [-0.1, -0.05) is 67.9 Å². The lowest BCUT2D eigenvalue weighted by molar-refractivity contribution is 0.578. The van der Waals surface area contributed by atoms with Crippen LogP contribution in [0.15, 0.2) is 71.6 Å². The Bertz CT molecular complexity index is 530. The van der Waals surface area contributed by atoms with Crippen LogP contribution >= 0.6 is 0 Å². The summed E-state index contributed by atoms with van der Waals surface area (Å²) in [5.74, 6) is 0. The molecule has 4 nitrogen and oxygen atoms in total. The van der Waals surface area contributed by atoms with Gasteiger partial charge < -0.3 is 5.48 Å². The molecular formula is C16H23NO3S. The van der Waals surface area contributed by atoms with E-state index in [1.807, 2.05) is 43.3 Å². The average Bonchev–Trinajstić information content (AvgIpc) is 2.51. The molecule has 0 heterocycles. The minimum absolute atomic E-state index is 0. The second-order valence-corrected chi connectivity index (χ2v) is 5.99. The van der Waals surface area contributed by atoms with Crippen LogP contribution in [0.1, 0.15) is 19.8 Å². The molecule has 0 aromatic heterocycles. The highest BCUT2D eigenvalue weighted by molar-refractivity contribution is 7.89. The molecule has 0 fully saturated rings. The fraction of sp³-hybridized carbons (Fsp3) is 0.250. The summed E-state index contributed by atoms with van der Waals surface area (Å²) in [4.78, 5) is 0.330. The molecule has 2 rings (SSSR count). The van der Waals surface area contributed by atoms with Gasteiger partial charge in [0.25, 0.3) is 0 Å². The van der Waals surface area contributed by atoms with Crippen LogP contribution in [-0.2, 0) is 10.0 Å². The van der Waals surface area contributed by atoms with E-state index in [4.69, 9.17) is 0 Å². The van der Waals surface area contributed by atoms with E-state index in [2.05, 4.69) is 4.72 Å². The van der Waals surface area contributed by atoms with Crippen molar-refractivity contribution in [3.63, 3.8) is 0 Å². The summed E-state index contributed by atoms with van der Waals surface area (Å²) in [6, 6.07) is 20.4. The molecule has 2 aromatic rings. The summed E-state index contributed by atoms with van der Waals surface area (Å²) in [7, 11) is -3.28. The maximum Gasteiger partial charge on any atom is 0.240 e. The van der Waals surface area contributed by atoms with Crippen molar-refractivity contribution in [1.29, 1.82) is 0 Å². The SMILES string of the molecule is CCCCNS(=O)(=O)c1ccccc1.O.c1ccccc1. The first kappa shape index (κ1) is 19.3. The van der Waals surface area contributed by atoms with Gasteiger partial charge in [0.05, 0.1) is 4.90 Å². The first-order valence-corrected chi connectivity index (χ1v) is 8.20. The van der Waals surface area contributed by atoms with Gasteiger partial charge in [0.15, 0.2) is 0 Å². The Balaban J connectivity index is 0.000000480. The smallest absolute Gasteiger partial charge is 0.240 e. The third kappa shape index (κ3) is 8.24. The Hall–Kier alpha value is -1.69. The van der Waals surface area contributed by atoms with E-state index in [1.165, 1.54) is 0 Å². The lowest BCUT2D eigenvalue weighted by atomic mass is 10.3. The topological polar surface area (TPSA) is 77.7 Å². The number of hydrogen-bond acceptors (Lipinski definition) is 2. The van der Waals surface area contributed by atoms with Crippen LogP contribution in [0.3, 0.4) is 0 Å². The Kier molecular flexibility index (Phi) is 10.1. The molecule has 0 bridgehead atoms. The fourth-order valence-corrected chi connectivity index (χ4v) is 2.55. The molecule has 0 aliphatic heterocycles. The summed E-state index contributed by atoms with van der Waals surface area (Å²) in [5.41, 5.74) is 0. The quantitative estimate of drug-likeness (QED) is 0.862. The Morgan fingerprint density at radius 2 is 1.29 bits per heavy atom. The van der Waals surface area contributed by atoms with Gasteiger partial charge in [0.2, 0.25) is 10.0 Å². The van der Waals surface area contributed by atoms with Crippen molar-refractivity contribution in [2.45, 2.75) is 24.7 Å². The highest BCUT2D eigenvalue weighted by Crippen LogP contribution is 2.06. The molecule has 5 heteroatoms. The van der Waals surface area contributed by atoms with Crippen molar-refractivity contribution in [1.82, 2.24) is 4.72 Å². The van der Waals surface area contributed by atoms with Crippen molar-refractivity contribution < 1.29 is 13.9 Å². The van der Waals surface area contributed by atoms with Crippen molar-refractivity contribution in [2.75, 3.05) is 6.54 Å². The van der Waals surface area contributed by atoms with Crippen molar-refractivity contribution >= 4 is 10.0 Å². The first-order valence-electron chi connectivity index (χ1n) is 6.71. The van der Waals surface area contributed by atoms with Gasteiger partial charge in [0.1, 0.15) is 0 Å². The lowest BCUT2D eigenvalue weighted by Gasteiger charge is -2.04. The molecule has 3 N–H and O–H groups in total. The second-order valence-electron chi connectivity index (χ2n) is 4.22. The molecular weight excluding hydrogens is 286 g/mol. The molecule has 0 aliphatic rings. The predicted octanol–water partition coefficient (Wildman–Crippen LogP) is 2.63. The minimum atomic E-state index is -3.28. The van der Waals surface area contributed by atoms with E-state index < -0.39 is 10.0 Å².